The van der Waals surface area contributed by atoms with Crippen molar-refractivity contribution in [2.24, 2.45) is 0 Å². The molecule has 0 aliphatic rings. The van der Waals surface area contributed by atoms with E-state index < -0.39 is 5.60 Å². The van der Waals surface area contributed by atoms with Crippen LogP contribution in [-0.4, -0.2) is 43.4 Å². The summed E-state index contributed by atoms with van der Waals surface area (Å²) >= 11 is 0. The molecule has 0 saturated carbocycles. The van der Waals surface area contributed by atoms with E-state index in [1.165, 1.54) is 0 Å². The Labute approximate surface area is 116 Å². The Kier molecular flexibility index (Phi) is 6.68. The minimum absolute atomic E-state index is 0. The van der Waals surface area contributed by atoms with Crippen LogP contribution < -0.4 is 4.74 Å². The Morgan fingerprint density at radius 2 is 2.00 bits per heavy atom. The molecular formula is C14H24ClNO2. The molecule has 0 aliphatic heterocycles. The van der Waals surface area contributed by atoms with Crippen LogP contribution in [0.3, 0.4) is 0 Å². The summed E-state index contributed by atoms with van der Waals surface area (Å²) in [4.78, 5) is 2.00. The van der Waals surface area contributed by atoms with Crippen LogP contribution >= 0.6 is 12.4 Å². The number of benzene rings is 1. The number of ether oxygens (including phenoxy) is 1. The molecule has 18 heavy (non-hydrogen) atoms. The number of methoxy groups -OCH3 is 1. The van der Waals surface area contributed by atoms with Gasteiger partial charge in [-0.05, 0) is 38.7 Å². The summed E-state index contributed by atoms with van der Waals surface area (Å²) in [5.41, 5.74) is 0.340. The lowest BCUT2D eigenvalue weighted by molar-refractivity contribution is 0.0123. The van der Waals surface area contributed by atoms with E-state index in [4.69, 9.17) is 4.74 Å². The van der Waals surface area contributed by atoms with E-state index in [-0.39, 0.29) is 18.3 Å². The molecule has 0 bridgehead atoms. The highest BCUT2D eigenvalue weighted by atomic mass is 35.5. The molecule has 0 saturated heterocycles. The first-order valence-electron chi connectivity index (χ1n) is 5.88. The Hall–Kier alpha value is -0.770. The van der Waals surface area contributed by atoms with Gasteiger partial charge < -0.3 is 14.7 Å². The number of rotatable bonds is 5. The van der Waals surface area contributed by atoms with Crippen molar-refractivity contribution in [3.63, 3.8) is 0 Å². The molecule has 1 aromatic rings. The molecule has 0 heterocycles. The first-order chi connectivity index (χ1) is 7.86. The molecule has 104 valence electrons. The van der Waals surface area contributed by atoms with Gasteiger partial charge in [-0.25, -0.2) is 0 Å². The molecular weight excluding hydrogens is 250 g/mol. The number of aliphatic hydroxyl groups is 1. The summed E-state index contributed by atoms with van der Waals surface area (Å²) in [6.07, 6.45) is 0. The Bertz CT molecular complexity index is 367. The van der Waals surface area contributed by atoms with Crippen LogP contribution in [0.15, 0.2) is 24.3 Å². The highest BCUT2D eigenvalue weighted by Crippen LogP contribution is 2.30. The Morgan fingerprint density at radius 1 is 1.39 bits per heavy atom. The minimum atomic E-state index is -0.754. The number of likely N-dealkylation sites (N-methyl/N-ethyl adjacent to an activating group) is 1. The van der Waals surface area contributed by atoms with Crippen LogP contribution in [0.25, 0.3) is 0 Å². The molecule has 0 amide bonds. The van der Waals surface area contributed by atoms with Crippen molar-refractivity contribution in [3.8, 4) is 5.75 Å². The van der Waals surface area contributed by atoms with E-state index in [9.17, 15) is 5.11 Å². The van der Waals surface area contributed by atoms with Crippen LogP contribution in [0.2, 0.25) is 0 Å². The zero-order valence-corrected chi connectivity index (χ0v) is 12.6. The van der Waals surface area contributed by atoms with E-state index in [1.807, 2.05) is 57.1 Å². The van der Waals surface area contributed by atoms with Gasteiger partial charge in [0.2, 0.25) is 0 Å². The van der Waals surface area contributed by atoms with Gasteiger partial charge >= 0.3 is 0 Å². The summed E-state index contributed by atoms with van der Waals surface area (Å²) in [6, 6.07) is 7.87. The lowest BCUT2D eigenvalue weighted by atomic mass is 9.84. The standard InChI is InChI=1S/C14H23NO2.ClH/c1-11(14(2,16)10-15(3)4)12-7-6-8-13(9-12)17-5;/h6-9,11,16H,10H2,1-5H3;1H. The largest absolute Gasteiger partial charge is 0.497 e. The molecule has 0 spiro atoms. The van der Waals surface area contributed by atoms with Gasteiger partial charge in [-0.2, -0.15) is 0 Å². The molecule has 0 radical (unpaired) electrons. The summed E-state index contributed by atoms with van der Waals surface area (Å²) in [5, 5.41) is 10.5. The fourth-order valence-corrected chi connectivity index (χ4v) is 2.05. The first-order valence-corrected chi connectivity index (χ1v) is 5.88. The quantitative estimate of drug-likeness (QED) is 0.895. The molecule has 1 aromatic carbocycles. The second-order valence-corrected chi connectivity index (χ2v) is 5.09. The third-order valence-corrected chi connectivity index (χ3v) is 3.16. The molecule has 3 nitrogen and oxygen atoms in total. The molecule has 1 N–H and O–H groups in total. The van der Waals surface area contributed by atoms with Gasteiger partial charge in [-0.3, -0.25) is 0 Å². The summed E-state index contributed by atoms with van der Waals surface area (Å²) in [7, 11) is 5.58. The minimum Gasteiger partial charge on any atom is -0.497 e. The van der Waals surface area contributed by atoms with Crippen molar-refractivity contribution in [3.05, 3.63) is 29.8 Å². The van der Waals surface area contributed by atoms with Gasteiger partial charge in [0.15, 0.2) is 0 Å². The lowest BCUT2D eigenvalue weighted by Crippen LogP contribution is -2.41. The van der Waals surface area contributed by atoms with Crippen LogP contribution in [0.4, 0.5) is 0 Å². The predicted molar refractivity (Wildman–Crippen MR) is 77.8 cm³/mol. The fraction of sp³-hybridized carbons (Fsp3) is 0.571. The highest BCUT2D eigenvalue weighted by Gasteiger charge is 2.30. The molecule has 0 aromatic heterocycles. The SMILES string of the molecule is COc1cccc(C(C)C(C)(O)CN(C)C)c1.Cl. The van der Waals surface area contributed by atoms with E-state index >= 15 is 0 Å². The van der Waals surface area contributed by atoms with Crippen molar-refractivity contribution in [1.82, 2.24) is 4.90 Å². The number of hydrogen-bond acceptors (Lipinski definition) is 3. The van der Waals surface area contributed by atoms with Crippen LogP contribution in [0.5, 0.6) is 5.75 Å². The Morgan fingerprint density at radius 3 is 2.50 bits per heavy atom. The first kappa shape index (κ1) is 17.2. The summed E-state index contributed by atoms with van der Waals surface area (Å²) in [6.45, 7) is 4.54. The zero-order valence-electron chi connectivity index (χ0n) is 11.8. The van der Waals surface area contributed by atoms with Crippen molar-refractivity contribution in [2.75, 3.05) is 27.7 Å². The average molecular weight is 274 g/mol. The zero-order chi connectivity index (χ0) is 13.1. The van der Waals surface area contributed by atoms with Gasteiger partial charge in [-0.1, -0.05) is 19.1 Å². The fourth-order valence-electron chi connectivity index (χ4n) is 2.05. The lowest BCUT2D eigenvalue weighted by Gasteiger charge is -2.33. The van der Waals surface area contributed by atoms with Gasteiger partial charge in [0.1, 0.15) is 5.75 Å². The molecule has 0 fully saturated rings. The van der Waals surface area contributed by atoms with Gasteiger partial charge in [0.05, 0.1) is 12.7 Å². The van der Waals surface area contributed by atoms with Crippen molar-refractivity contribution in [1.29, 1.82) is 0 Å². The Balaban J connectivity index is 0.00000289. The average Bonchev–Trinajstić information content (AvgIpc) is 2.26. The maximum absolute atomic E-state index is 10.5. The van der Waals surface area contributed by atoms with Crippen molar-refractivity contribution < 1.29 is 9.84 Å². The molecule has 2 atom stereocenters. The topological polar surface area (TPSA) is 32.7 Å². The summed E-state index contributed by atoms with van der Waals surface area (Å²) < 4.78 is 5.21. The monoisotopic (exact) mass is 273 g/mol. The third kappa shape index (κ3) is 4.48. The van der Waals surface area contributed by atoms with Crippen LogP contribution in [0.1, 0.15) is 25.3 Å². The molecule has 4 heteroatoms. The van der Waals surface area contributed by atoms with Crippen LogP contribution in [0, 0.1) is 0 Å². The van der Waals surface area contributed by atoms with Gasteiger partial charge in [-0.15, -0.1) is 12.4 Å². The van der Waals surface area contributed by atoms with E-state index in [2.05, 4.69) is 0 Å². The third-order valence-electron chi connectivity index (χ3n) is 3.16. The van der Waals surface area contributed by atoms with Gasteiger partial charge in [0, 0.05) is 12.5 Å². The van der Waals surface area contributed by atoms with Crippen molar-refractivity contribution in [2.45, 2.75) is 25.4 Å². The smallest absolute Gasteiger partial charge is 0.119 e. The number of hydrogen-bond donors (Lipinski definition) is 1. The molecule has 1 rings (SSSR count). The van der Waals surface area contributed by atoms with E-state index in [0.29, 0.717) is 6.54 Å². The molecule has 2 unspecified atom stereocenters. The summed E-state index contributed by atoms with van der Waals surface area (Å²) in [5.74, 6) is 0.884. The van der Waals surface area contributed by atoms with E-state index in [1.54, 1.807) is 7.11 Å². The second-order valence-electron chi connectivity index (χ2n) is 5.09. The van der Waals surface area contributed by atoms with Crippen LogP contribution in [-0.2, 0) is 0 Å². The number of halogens is 1. The predicted octanol–water partition coefficient (Wildman–Crippen LogP) is 2.53. The van der Waals surface area contributed by atoms with Crippen molar-refractivity contribution >= 4 is 12.4 Å². The maximum Gasteiger partial charge on any atom is 0.119 e. The maximum atomic E-state index is 10.5. The highest BCUT2D eigenvalue weighted by molar-refractivity contribution is 5.85. The molecule has 0 aliphatic carbocycles. The number of nitrogens with zero attached hydrogens (tertiary/aromatic N) is 1. The van der Waals surface area contributed by atoms with E-state index in [0.717, 1.165) is 11.3 Å². The van der Waals surface area contributed by atoms with Gasteiger partial charge in [0.25, 0.3) is 0 Å². The second kappa shape index (κ2) is 6.98. The normalized spacial score (nSPS) is 15.7.